The fraction of sp³-hybridized carbons (Fsp3) is 0.0882. The summed E-state index contributed by atoms with van der Waals surface area (Å²) in [6.07, 6.45) is 0. The number of carbonyl (C=O) groups is 1. The molecule has 8 heteroatoms. The predicted octanol–water partition coefficient (Wildman–Crippen LogP) is 5.22. The minimum Gasteiger partial charge on any atom is -0.858 e. The summed E-state index contributed by atoms with van der Waals surface area (Å²) in [4.78, 5) is 12.6. The maximum Gasteiger partial charge on any atom is 0.343 e. The molecule has 0 unspecified atom stereocenters. The van der Waals surface area contributed by atoms with Gasteiger partial charge in [-0.15, -0.1) is 0 Å². The van der Waals surface area contributed by atoms with Gasteiger partial charge in [-0.05, 0) is 90.8 Å². The van der Waals surface area contributed by atoms with Gasteiger partial charge in [0.2, 0.25) is 0 Å². The molecule has 0 N–H and O–H groups in total. The van der Waals surface area contributed by atoms with E-state index in [-0.39, 0.29) is 11.8 Å². The largest absolute Gasteiger partial charge is 0.858 e. The van der Waals surface area contributed by atoms with Crippen LogP contribution in [0.15, 0.2) is 115 Å². The number of rotatable bonds is 7. The number of nitrogens with zero attached hydrogens (tertiary/aromatic N) is 4. The van der Waals surface area contributed by atoms with Crippen molar-refractivity contribution in [3.05, 3.63) is 149 Å². The van der Waals surface area contributed by atoms with Gasteiger partial charge in [-0.1, -0.05) is 66.7 Å². The van der Waals surface area contributed by atoms with Crippen molar-refractivity contribution >= 4 is 5.97 Å². The van der Waals surface area contributed by atoms with Crippen LogP contribution in [0.2, 0.25) is 0 Å². The van der Waals surface area contributed by atoms with E-state index in [0.29, 0.717) is 50.8 Å². The molecule has 0 saturated heterocycles. The van der Waals surface area contributed by atoms with Crippen molar-refractivity contribution in [1.82, 2.24) is 19.6 Å². The van der Waals surface area contributed by atoms with Crippen molar-refractivity contribution in [1.29, 1.82) is 0 Å². The number of ether oxygens (including phenoxy) is 1. The van der Waals surface area contributed by atoms with Crippen LogP contribution in [0.5, 0.6) is 17.5 Å². The molecule has 0 aliphatic carbocycles. The van der Waals surface area contributed by atoms with Crippen LogP contribution in [0.25, 0.3) is 11.4 Å². The molecule has 0 aliphatic heterocycles. The first-order valence-electron chi connectivity index (χ1n) is 13.4. The molecule has 0 spiro atoms. The summed E-state index contributed by atoms with van der Waals surface area (Å²) in [5.74, 6) is -1.56. The third kappa shape index (κ3) is 4.90. The third-order valence-corrected chi connectivity index (χ3v) is 7.14. The highest BCUT2D eigenvalue weighted by atomic mass is 16.5. The minimum absolute atomic E-state index is 0.324. The number of carbonyl (C=O) groups excluding carboxylic acids is 1. The molecule has 0 fully saturated rings. The highest BCUT2D eigenvalue weighted by Gasteiger charge is 2.28. The number of esters is 1. The van der Waals surface area contributed by atoms with E-state index < -0.39 is 11.9 Å². The Balaban J connectivity index is 1.47. The van der Waals surface area contributed by atoms with E-state index in [1.54, 1.807) is 86.6 Å². The molecule has 0 saturated carbocycles. The van der Waals surface area contributed by atoms with Gasteiger partial charge >= 0.3 is 5.97 Å². The Morgan fingerprint density at radius 2 is 1.07 bits per heavy atom. The molecule has 208 valence electrons. The van der Waals surface area contributed by atoms with Gasteiger partial charge in [0.15, 0.2) is 0 Å². The predicted molar refractivity (Wildman–Crippen MR) is 154 cm³/mol. The topological polar surface area (TPSA) is 108 Å². The number of aromatic nitrogens is 4. The standard InChI is InChI=1S/C34H28N4O4/c1-22-29(32(39)37(35-22)26-14-8-4-9-15-26)31(30-23(2)36-38(33(30)40)27-16-10-5-11-17-27)24-18-20-28(21-19-24)42-34(41)25-12-6-3-7-13-25/h3-21,31,39-40H,1-2H3/p-2. The zero-order valence-electron chi connectivity index (χ0n) is 23.0. The SMILES string of the molecule is Cc1nn(-c2ccccc2)c([O-])c1C(c1ccc(OC(=O)c2ccccc2)cc1)c1c(C)nn(-c2ccccc2)c1[O-]. The molecule has 4 aromatic carbocycles. The second-order valence-electron chi connectivity index (χ2n) is 9.86. The van der Waals surface area contributed by atoms with Crippen molar-refractivity contribution in [2.24, 2.45) is 0 Å². The van der Waals surface area contributed by atoms with Crippen LogP contribution in [-0.2, 0) is 0 Å². The van der Waals surface area contributed by atoms with Gasteiger partial charge in [0.1, 0.15) is 5.75 Å². The first-order chi connectivity index (χ1) is 20.4. The third-order valence-electron chi connectivity index (χ3n) is 7.14. The lowest BCUT2D eigenvalue weighted by atomic mass is 9.85. The van der Waals surface area contributed by atoms with Crippen LogP contribution in [0.3, 0.4) is 0 Å². The number of benzene rings is 4. The molecule has 0 amide bonds. The summed E-state index contributed by atoms with van der Waals surface area (Å²) in [7, 11) is 0. The Labute approximate surface area is 242 Å². The van der Waals surface area contributed by atoms with E-state index in [0.717, 1.165) is 0 Å². The smallest absolute Gasteiger partial charge is 0.343 e. The van der Waals surface area contributed by atoms with E-state index in [2.05, 4.69) is 10.2 Å². The molecule has 8 nitrogen and oxygen atoms in total. The van der Waals surface area contributed by atoms with Crippen LogP contribution >= 0.6 is 0 Å². The molecule has 2 heterocycles. The molecule has 2 aromatic heterocycles. The van der Waals surface area contributed by atoms with Gasteiger partial charge in [0, 0.05) is 5.92 Å². The summed E-state index contributed by atoms with van der Waals surface area (Å²) in [6, 6.07) is 33.8. The van der Waals surface area contributed by atoms with E-state index in [4.69, 9.17) is 4.74 Å². The van der Waals surface area contributed by atoms with Gasteiger partial charge in [0.25, 0.3) is 0 Å². The van der Waals surface area contributed by atoms with Crippen LogP contribution in [0.1, 0.15) is 44.4 Å². The van der Waals surface area contributed by atoms with E-state index >= 15 is 0 Å². The van der Waals surface area contributed by atoms with Crippen molar-refractivity contribution < 1.29 is 19.7 Å². The fourth-order valence-electron chi connectivity index (χ4n) is 5.14. The Bertz CT molecular complexity index is 1760. The van der Waals surface area contributed by atoms with Gasteiger partial charge in [-0.3, -0.25) is 0 Å². The van der Waals surface area contributed by atoms with E-state index in [9.17, 15) is 15.0 Å². The van der Waals surface area contributed by atoms with Gasteiger partial charge in [-0.25, -0.2) is 14.2 Å². The van der Waals surface area contributed by atoms with Crippen molar-refractivity contribution in [2.45, 2.75) is 19.8 Å². The number of para-hydroxylation sites is 2. The quantitative estimate of drug-likeness (QED) is 0.198. The summed E-state index contributed by atoms with van der Waals surface area (Å²) in [6.45, 7) is 3.53. The highest BCUT2D eigenvalue weighted by Crippen LogP contribution is 2.43. The first-order valence-corrected chi connectivity index (χ1v) is 13.4. The lowest BCUT2D eigenvalue weighted by Gasteiger charge is -2.25. The van der Waals surface area contributed by atoms with Crippen molar-refractivity contribution in [3.63, 3.8) is 0 Å². The van der Waals surface area contributed by atoms with Gasteiger partial charge in [0.05, 0.1) is 28.3 Å². The zero-order valence-corrected chi connectivity index (χ0v) is 23.0. The van der Waals surface area contributed by atoms with Crippen LogP contribution in [0.4, 0.5) is 0 Å². The summed E-state index contributed by atoms with van der Waals surface area (Å²) in [5.41, 5.74) is 4.09. The van der Waals surface area contributed by atoms with E-state index in [1.165, 1.54) is 9.36 Å². The molecular weight excluding hydrogens is 528 g/mol. The van der Waals surface area contributed by atoms with Crippen LogP contribution in [0, 0.1) is 13.8 Å². The molecule has 0 atom stereocenters. The molecule has 6 rings (SSSR count). The molecule has 6 aromatic rings. The molecule has 0 radical (unpaired) electrons. The second kappa shape index (κ2) is 11.1. The van der Waals surface area contributed by atoms with Crippen molar-refractivity contribution in [2.75, 3.05) is 0 Å². The Kier molecular flexibility index (Phi) is 7.02. The van der Waals surface area contributed by atoms with Crippen molar-refractivity contribution in [3.8, 4) is 28.9 Å². The summed E-state index contributed by atoms with van der Waals surface area (Å²) in [5, 5.41) is 37.0. The number of aryl methyl sites for hydroxylation is 2. The molecule has 42 heavy (non-hydrogen) atoms. The minimum atomic E-state index is -0.765. The Morgan fingerprint density at radius 3 is 1.52 bits per heavy atom. The molecular formula is C34H26N4O4-2. The average molecular weight is 555 g/mol. The van der Waals surface area contributed by atoms with Crippen LogP contribution in [-0.4, -0.2) is 25.5 Å². The maximum absolute atomic E-state index is 13.9. The summed E-state index contributed by atoms with van der Waals surface area (Å²) >= 11 is 0. The molecule has 0 bridgehead atoms. The molecule has 0 aliphatic rings. The lowest BCUT2D eigenvalue weighted by Crippen LogP contribution is -2.13. The van der Waals surface area contributed by atoms with Crippen LogP contribution < -0.4 is 14.9 Å². The fourth-order valence-corrected chi connectivity index (χ4v) is 5.14. The first kappa shape index (κ1) is 26.6. The Morgan fingerprint density at radius 1 is 0.643 bits per heavy atom. The maximum atomic E-state index is 13.9. The summed E-state index contributed by atoms with van der Waals surface area (Å²) < 4.78 is 8.28. The highest BCUT2D eigenvalue weighted by molar-refractivity contribution is 5.90. The number of hydrogen-bond acceptors (Lipinski definition) is 6. The van der Waals surface area contributed by atoms with Gasteiger partial charge < -0.3 is 14.9 Å². The monoisotopic (exact) mass is 554 g/mol. The normalized spacial score (nSPS) is 11.1. The average Bonchev–Trinajstić information content (AvgIpc) is 3.49. The number of hydrogen-bond donors (Lipinski definition) is 0. The van der Waals surface area contributed by atoms with E-state index in [1.807, 2.05) is 42.5 Å². The second-order valence-corrected chi connectivity index (χ2v) is 9.86. The zero-order chi connectivity index (χ0) is 29.2. The van der Waals surface area contributed by atoms with Gasteiger partial charge in [-0.2, -0.15) is 10.2 Å². The lowest BCUT2D eigenvalue weighted by molar-refractivity contribution is -0.280. The Hall–Kier alpha value is -5.63.